The van der Waals surface area contributed by atoms with Crippen LogP contribution in [0.2, 0.25) is 5.02 Å². The molecule has 0 aliphatic rings. The SMILES string of the molecule is COc1ccccc1-c1cc(CN(c2ccccc2OC)S(=O)(=O)c2cccc(Cl)c2)on1. The van der Waals surface area contributed by atoms with E-state index in [1.807, 2.05) is 24.3 Å². The van der Waals surface area contributed by atoms with Crippen LogP contribution in [-0.2, 0) is 16.6 Å². The lowest BCUT2D eigenvalue weighted by Gasteiger charge is -2.25. The number of halogens is 1. The van der Waals surface area contributed by atoms with E-state index in [4.69, 9.17) is 25.6 Å². The van der Waals surface area contributed by atoms with Crippen LogP contribution in [0.4, 0.5) is 5.69 Å². The molecule has 0 radical (unpaired) electrons. The van der Waals surface area contributed by atoms with Crippen molar-refractivity contribution >= 4 is 27.3 Å². The molecule has 4 aromatic rings. The molecule has 0 aliphatic heterocycles. The number of aromatic nitrogens is 1. The van der Waals surface area contributed by atoms with Crippen molar-refractivity contribution in [3.8, 4) is 22.8 Å². The van der Waals surface area contributed by atoms with Crippen molar-refractivity contribution in [3.05, 3.63) is 89.6 Å². The highest BCUT2D eigenvalue weighted by Gasteiger charge is 2.29. The van der Waals surface area contributed by atoms with Crippen molar-refractivity contribution in [1.29, 1.82) is 0 Å². The average Bonchev–Trinajstić information content (AvgIpc) is 3.31. The molecule has 0 atom stereocenters. The molecule has 7 nitrogen and oxygen atoms in total. The van der Waals surface area contributed by atoms with Crippen LogP contribution in [0.1, 0.15) is 5.76 Å². The monoisotopic (exact) mass is 484 g/mol. The van der Waals surface area contributed by atoms with Crippen LogP contribution in [0.15, 0.2) is 88.3 Å². The highest BCUT2D eigenvalue weighted by atomic mass is 35.5. The first-order chi connectivity index (χ1) is 15.9. The van der Waals surface area contributed by atoms with E-state index < -0.39 is 10.0 Å². The number of sulfonamides is 1. The van der Waals surface area contributed by atoms with Crippen LogP contribution in [0.3, 0.4) is 0 Å². The summed E-state index contributed by atoms with van der Waals surface area (Å²) in [7, 11) is -0.966. The van der Waals surface area contributed by atoms with Crippen LogP contribution >= 0.6 is 11.6 Å². The van der Waals surface area contributed by atoms with E-state index >= 15 is 0 Å². The Morgan fingerprint density at radius 1 is 0.909 bits per heavy atom. The van der Waals surface area contributed by atoms with Crippen LogP contribution in [0.5, 0.6) is 11.5 Å². The van der Waals surface area contributed by atoms with Gasteiger partial charge < -0.3 is 14.0 Å². The minimum absolute atomic E-state index is 0.0466. The normalized spacial score (nSPS) is 11.2. The van der Waals surface area contributed by atoms with Gasteiger partial charge >= 0.3 is 0 Å². The Labute approximate surface area is 197 Å². The van der Waals surface area contributed by atoms with Gasteiger partial charge in [-0.3, -0.25) is 4.31 Å². The quantitative estimate of drug-likeness (QED) is 0.332. The van der Waals surface area contributed by atoms with Gasteiger partial charge in [-0.2, -0.15) is 0 Å². The number of ether oxygens (including phenoxy) is 2. The van der Waals surface area contributed by atoms with Gasteiger partial charge in [0.1, 0.15) is 17.2 Å². The summed E-state index contributed by atoms with van der Waals surface area (Å²) in [6.07, 6.45) is 0. The number of methoxy groups -OCH3 is 2. The third kappa shape index (κ3) is 4.67. The third-order valence-electron chi connectivity index (χ3n) is 4.98. The maximum Gasteiger partial charge on any atom is 0.264 e. The van der Waals surface area contributed by atoms with Gasteiger partial charge in [0.25, 0.3) is 10.0 Å². The summed E-state index contributed by atoms with van der Waals surface area (Å²) < 4.78 is 44.9. The summed E-state index contributed by atoms with van der Waals surface area (Å²) in [4.78, 5) is 0.0466. The lowest BCUT2D eigenvalue weighted by molar-refractivity contribution is 0.384. The largest absolute Gasteiger partial charge is 0.496 e. The second-order valence-electron chi connectivity index (χ2n) is 7.02. The predicted molar refractivity (Wildman–Crippen MR) is 126 cm³/mol. The molecule has 4 rings (SSSR count). The average molecular weight is 485 g/mol. The second kappa shape index (κ2) is 9.56. The Morgan fingerprint density at radius 3 is 2.33 bits per heavy atom. The minimum atomic E-state index is -4.02. The van der Waals surface area contributed by atoms with E-state index in [0.717, 1.165) is 5.56 Å². The van der Waals surface area contributed by atoms with Gasteiger partial charge in [0.2, 0.25) is 0 Å². The van der Waals surface area contributed by atoms with Crippen LogP contribution in [0, 0.1) is 0 Å². The molecular formula is C24H21ClN2O5S. The Bertz CT molecular complexity index is 1370. The molecule has 0 saturated heterocycles. The van der Waals surface area contributed by atoms with Gasteiger partial charge in [0, 0.05) is 16.7 Å². The Hall–Kier alpha value is -3.49. The fourth-order valence-electron chi connectivity index (χ4n) is 3.40. The summed E-state index contributed by atoms with van der Waals surface area (Å²) in [6.45, 7) is -0.114. The fourth-order valence-corrected chi connectivity index (χ4v) is 5.15. The van der Waals surface area contributed by atoms with Crippen molar-refractivity contribution in [3.63, 3.8) is 0 Å². The zero-order valence-corrected chi connectivity index (χ0v) is 19.5. The fraction of sp³-hybridized carbons (Fsp3) is 0.125. The summed E-state index contributed by atoms with van der Waals surface area (Å²) in [5.74, 6) is 1.37. The highest BCUT2D eigenvalue weighted by Crippen LogP contribution is 2.35. The summed E-state index contributed by atoms with van der Waals surface area (Å²) in [5, 5.41) is 4.44. The maximum atomic E-state index is 13.7. The molecule has 0 unspecified atom stereocenters. The van der Waals surface area contributed by atoms with Gasteiger partial charge in [-0.05, 0) is 42.5 Å². The number of hydrogen-bond acceptors (Lipinski definition) is 6. The van der Waals surface area contributed by atoms with Crippen molar-refractivity contribution < 1.29 is 22.4 Å². The van der Waals surface area contributed by atoms with Crippen LogP contribution < -0.4 is 13.8 Å². The second-order valence-corrected chi connectivity index (χ2v) is 9.32. The molecule has 0 spiro atoms. The zero-order chi connectivity index (χ0) is 23.4. The first-order valence-electron chi connectivity index (χ1n) is 9.94. The van der Waals surface area contributed by atoms with Crippen LogP contribution in [-0.4, -0.2) is 27.8 Å². The summed E-state index contributed by atoms with van der Waals surface area (Å²) in [5.41, 5.74) is 1.62. The molecule has 33 heavy (non-hydrogen) atoms. The van der Waals surface area contributed by atoms with Gasteiger partial charge in [-0.15, -0.1) is 0 Å². The first-order valence-corrected chi connectivity index (χ1v) is 11.8. The number of para-hydroxylation sites is 3. The molecule has 0 bridgehead atoms. The van der Waals surface area contributed by atoms with Crippen molar-refractivity contribution in [2.24, 2.45) is 0 Å². The molecule has 0 aliphatic carbocycles. The van der Waals surface area contributed by atoms with E-state index in [9.17, 15) is 8.42 Å². The zero-order valence-electron chi connectivity index (χ0n) is 17.9. The number of hydrogen-bond donors (Lipinski definition) is 0. The predicted octanol–water partition coefficient (Wildman–Crippen LogP) is 5.41. The Balaban J connectivity index is 1.78. The molecule has 0 N–H and O–H groups in total. The maximum absolute atomic E-state index is 13.7. The molecule has 170 valence electrons. The first kappa shape index (κ1) is 22.7. The lowest BCUT2D eigenvalue weighted by Crippen LogP contribution is -2.30. The molecular weight excluding hydrogens is 464 g/mol. The summed E-state index contributed by atoms with van der Waals surface area (Å²) >= 11 is 6.07. The Morgan fingerprint density at radius 2 is 1.61 bits per heavy atom. The third-order valence-corrected chi connectivity index (χ3v) is 6.97. The molecule has 1 heterocycles. The number of anilines is 1. The number of nitrogens with zero attached hydrogens (tertiary/aromatic N) is 2. The van der Waals surface area contributed by atoms with Crippen molar-refractivity contribution in [2.75, 3.05) is 18.5 Å². The van der Waals surface area contributed by atoms with Gasteiger partial charge in [0.15, 0.2) is 5.76 Å². The van der Waals surface area contributed by atoms with E-state index in [2.05, 4.69) is 5.16 Å². The molecule has 9 heteroatoms. The molecule has 0 amide bonds. The topological polar surface area (TPSA) is 81.9 Å². The van der Waals surface area contributed by atoms with Gasteiger partial charge in [0.05, 0.1) is 31.3 Å². The molecule has 0 saturated carbocycles. The van der Waals surface area contributed by atoms with Crippen LogP contribution in [0.25, 0.3) is 11.3 Å². The van der Waals surface area contributed by atoms with Gasteiger partial charge in [-0.1, -0.05) is 47.1 Å². The lowest BCUT2D eigenvalue weighted by atomic mass is 10.1. The van der Waals surface area contributed by atoms with Crippen molar-refractivity contribution in [1.82, 2.24) is 5.16 Å². The minimum Gasteiger partial charge on any atom is -0.496 e. The molecule has 1 aromatic heterocycles. The number of rotatable bonds is 8. The standard InChI is InChI=1S/C24H21ClN2O5S/c1-30-23-12-5-3-10-20(23)21-15-18(32-26-21)16-27(22-11-4-6-13-24(22)31-2)33(28,29)19-9-7-8-17(25)14-19/h3-15H,16H2,1-2H3. The highest BCUT2D eigenvalue weighted by molar-refractivity contribution is 7.92. The molecule has 0 fully saturated rings. The molecule has 3 aromatic carbocycles. The van der Waals surface area contributed by atoms with E-state index in [1.54, 1.807) is 49.6 Å². The van der Waals surface area contributed by atoms with E-state index in [-0.39, 0.29) is 11.4 Å². The van der Waals surface area contributed by atoms with Crippen molar-refractivity contribution in [2.45, 2.75) is 11.4 Å². The smallest absolute Gasteiger partial charge is 0.264 e. The van der Waals surface area contributed by atoms with E-state index in [1.165, 1.54) is 23.5 Å². The summed E-state index contributed by atoms with van der Waals surface area (Å²) in [6, 6.07) is 22.0. The Kier molecular flexibility index (Phi) is 6.57. The van der Waals surface area contributed by atoms with Gasteiger partial charge in [-0.25, -0.2) is 8.42 Å². The number of benzene rings is 3. The van der Waals surface area contributed by atoms with E-state index in [0.29, 0.717) is 33.7 Å².